The Labute approximate surface area is 162 Å². The van der Waals surface area contributed by atoms with E-state index >= 15 is 0 Å². The Balaban J connectivity index is 1.78. The minimum absolute atomic E-state index is 0.0344. The van der Waals surface area contributed by atoms with Crippen LogP contribution in [0, 0.1) is 0 Å². The van der Waals surface area contributed by atoms with Gasteiger partial charge in [0, 0.05) is 38.3 Å². The van der Waals surface area contributed by atoms with Crippen molar-refractivity contribution < 1.29 is 22.7 Å². The fraction of sp³-hybridized carbons (Fsp3) is 0.389. The number of amides is 1. The van der Waals surface area contributed by atoms with Crippen LogP contribution in [0.5, 0.6) is 0 Å². The zero-order valence-corrected chi connectivity index (χ0v) is 15.3. The molecule has 1 aliphatic rings. The standard InChI is InChI=1S/C18H19F3N4O4/c19-18(20,21)12-1-2-14(24-7-9-29-10-8-24)13(11-12)22-15(26)3-5-25-6-4-16(27)23-17(25)28/h1-2,4,6,11H,3,5,7-10H2,(H,22,26)(H,23,27,28). The summed E-state index contributed by atoms with van der Waals surface area (Å²) >= 11 is 0. The van der Waals surface area contributed by atoms with Crippen LogP contribution in [0.15, 0.2) is 40.1 Å². The Bertz CT molecular complexity index is 994. The third kappa shape index (κ3) is 5.25. The number of benzene rings is 1. The number of carbonyl (C=O) groups excluding carboxylic acids is 1. The van der Waals surface area contributed by atoms with Crippen molar-refractivity contribution in [1.82, 2.24) is 9.55 Å². The Hall–Kier alpha value is -3.08. The number of H-pyrrole nitrogens is 1. The molecule has 0 aliphatic carbocycles. The summed E-state index contributed by atoms with van der Waals surface area (Å²) in [5.74, 6) is -0.558. The Morgan fingerprint density at radius 3 is 2.55 bits per heavy atom. The number of morpholine rings is 1. The molecule has 2 aromatic rings. The quantitative estimate of drug-likeness (QED) is 0.775. The number of rotatable bonds is 5. The number of aromatic nitrogens is 2. The molecule has 1 aliphatic heterocycles. The molecule has 2 heterocycles. The normalized spacial score (nSPS) is 14.7. The number of halogens is 3. The first-order valence-corrected chi connectivity index (χ1v) is 8.87. The smallest absolute Gasteiger partial charge is 0.378 e. The van der Waals surface area contributed by atoms with Gasteiger partial charge in [-0.15, -0.1) is 0 Å². The van der Waals surface area contributed by atoms with Crippen molar-refractivity contribution in [3.63, 3.8) is 0 Å². The summed E-state index contributed by atoms with van der Waals surface area (Å²) in [7, 11) is 0. The van der Waals surface area contributed by atoms with E-state index in [2.05, 4.69) is 10.3 Å². The van der Waals surface area contributed by atoms with E-state index in [1.807, 2.05) is 4.90 Å². The zero-order valence-electron chi connectivity index (χ0n) is 15.3. The number of nitrogens with zero attached hydrogens (tertiary/aromatic N) is 2. The van der Waals surface area contributed by atoms with E-state index in [0.29, 0.717) is 32.0 Å². The molecule has 156 valence electrons. The summed E-state index contributed by atoms with van der Waals surface area (Å²) in [6.07, 6.45) is -3.46. The Morgan fingerprint density at radius 1 is 1.17 bits per heavy atom. The molecule has 8 nitrogen and oxygen atoms in total. The Morgan fingerprint density at radius 2 is 1.90 bits per heavy atom. The molecule has 0 bridgehead atoms. The van der Waals surface area contributed by atoms with Crippen LogP contribution in [-0.2, 0) is 22.3 Å². The first-order valence-electron chi connectivity index (χ1n) is 8.87. The molecule has 1 amide bonds. The van der Waals surface area contributed by atoms with Crippen LogP contribution in [0.4, 0.5) is 24.5 Å². The monoisotopic (exact) mass is 412 g/mol. The van der Waals surface area contributed by atoms with Gasteiger partial charge < -0.3 is 19.5 Å². The molecule has 1 aromatic heterocycles. The summed E-state index contributed by atoms with van der Waals surface area (Å²) < 4.78 is 45.7. The van der Waals surface area contributed by atoms with Gasteiger partial charge in [0.15, 0.2) is 0 Å². The molecule has 29 heavy (non-hydrogen) atoms. The van der Waals surface area contributed by atoms with Crippen molar-refractivity contribution in [3.05, 3.63) is 56.9 Å². The maximum absolute atomic E-state index is 13.1. The van der Waals surface area contributed by atoms with Gasteiger partial charge in [-0.3, -0.25) is 14.6 Å². The van der Waals surface area contributed by atoms with Crippen LogP contribution in [-0.4, -0.2) is 41.8 Å². The number of nitrogens with one attached hydrogen (secondary N) is 2. The van der Waals surface area contributed by atoms with Crippen LogP contribution >= 0.6 is 0 Å². The number of hydrogen-bond donors (Lipinski definition) is 2. The van der Waals surface area contributed by atoms with Gasteiger partial charge in [0.05, 0.1) is 30.2 Å². The highest BCUT2D eigenvalue weighted by Crippen LogP contribution is 2.35. The number of anilines is 2. The third-order valence-corrected chi connectivity index (χ3v) is 4.43. The highest BCUT2D eigenvalue weighted by atomic mass is 19.4. The molecule has 0 radical (unpaired) electrons. The molecule has 1 aromatic carbocycles. The van der Waals surface area contributed by atoms with Crippen LogP contribution in [0.1, 0.15) is 12.0 Å². The number of ether oxygens (including phenoxy) is 1. The van der Waals surface area contributed by atoms with Gasteiger partial charge >= 0.3 is 11.9 Å². The van der Waals surface area contributed by atoms with Crippen molar-refractivity contribution in [2.24, 2.45) is 0 Å². The lowest BCUT2D eigenvalue weighted by Gasteiger charge is -2.31. The number of hydrogen-bond acceptors (Lipinski definition) is 5. The van der Waals surface area contributed by atoms with Gasteiger partial charge in [0.2, 0.25) is 5.91 Å². The first kappa shape index (κ1) is 20.6. The SMILES string of the molecule is O=C(CCn1ccc(=O)[nH]c1=O)Nc1cc(C(F)(F)F)ccc1N1CCOCC1. The third-order valence-electron chi connectivity index (χ3n) is 4.43. The van der Waals surface area contributed by atoms with Gasteiger partial charge in [-0.05, 0) is 18.2 Å². The fourth-order valence-corrected chi connectivity index (χ4v) is 2.95. The second-order valence-corrected chi connectivity index (χ2v) is 6.43. The maximum atomic E-state index is 13.1. The first-order chi connectivity index (χ1) is 13.7. The van der Waals surface area contributed by atoms with Crippen LogP contribution in [0.25, 0.3) is 0 Å². The van der Waals surface area contributed by atoms with E-state index in [-0.39, 0.29) is 18.7 Å². The highest BCUT2D eigenvalue weighted by Gasteiger charge is 2.31. The predicted molar refractivity (Wildman–Crippen MR) is 99.0 cm³/mol. The lowest BCUT2D eigenvalue weighted by Crippen LogP contribution is -2.37. The molecule has 2 N–H and O–H groups in total. The minimum Gasteiger partial charge on any atom is -0.378 e. The van der Waals surface area contributed by atoms with Crippen molar-refractivity contribution in [2.75, 3.05) is 36.5 Å². The predicted octanol–water partition coefficient (Wildman–Crippen LogP) is 1.42. The molecule has 0 saturated carbocycles. The lowest BCUT2D eigenvalue weighted by atomic mass is 10.1. The van der Waals surface area contributed by atoms with Crippen LogP contribution < -0.4 is 21.5 Å². The van der Waals surface area contributed by atoms with E-state index in [1.165, 1.54) is 12.3 Å². The average Bonchev–Trinajstić information content (AvgIpc) is 2.67. The summed E-state index contributed by atoms with van der Waals surface area (Å²) in [5.41, 5.74) is -1.59. The second kappa shape index (κ2) is 8.52. The lowest BCUT2D eigenvalue weighted by molar-refractivity contribution is -0.137. The van der Waals surface area contributed by atoms with Crippen LogP contribution in [0.3, 0.4) is 0 Å². The number of alkyl halides is 3. The second-order valence-electron chi connectivity index (χ2n) is 6.43. The van der Waals surface area contributed by atoms with E-state index in [0.717, 1.165) is 22.8 Å². The van der Waals surface area contributed by atoms with Gasteiger partial charge in [0.25, 0.3) is 5.56 Å². The molecular formula is C18H19F3N4O4. The molecular weight excluding hydrogens is 393 g/mol. The van der Waals surface area contributed by atoms with Crippen molar-refractivity contribution in [2.45, 2.75) is 19.1 Å². The number of aromatic amines is 1. The summed E-state index contributed by atoms with van der Waals surface area (Å²) in [5, 5.41) is 2.51. The van der Waals surface area contributed by atoms with Crippen molar-refractivity contribution >= 4 is 17.3 Å². The summed E-state index contributed by atoms with van der Waals surface area (Å²) in [4.78, 5) is 39.0. The molecule has 0 unspecified atom stereocenters. The average molecular weight is 412 g/mol. The summed E-state index contributed by atoms with van der Waals surface area (Å²) in [6.45, 7) is 1.81. The maximum Gasteiger partial charge on any atom is 0.416 e. The van der Waals surface area contributed by atoms with Crippen molar-refractivity contribution in [3.8, 4) is 0 Å². The fourth-order valence-electron chi connectivity index (χ4n) is 2.95. The molecule has 0 spiro atoms. The van der Waals surface area contributed by atoms with E-state index in [9.17, 15) is 27.6 Å². The van der Waals surface area contributed by atoms with Gasteiger partial charge in [-0.25, -0.2) is 4.79 Å². The largest absolute Gasteiger partial charge is 0.416 e. The molecule has 1 saturated heterocycles. The summed E-state index contributed by atoms with van der Waals surface area (Å²) in [6, 6.07) is 4.34. The molecule has 3 rings (SSSR count). The number of carbonyl (C=O) groups is 1. The molecule has 1 fully saturated rings. The Kier molecular flexibility index (Phi) is 6.06. The number of aryl methyl sites for hydroxylation is 1. The van der Waals surface area contributed by atoms with Gasteiger partial charge in [-0.1, -0.05) is 0 Å². The van der Waals surface area contributed by atoms with Crippen molar-refractivity contribution in [1.29, 1.82) is 0 Å². The molecule has 0 atom stereocenters. The van der Waals surface area contributed by atoms with E-state index in [4.69, 9.17) is 4.74 Å². The molecule has 11 heteroatoms. The zero-order chi connectivity index (χ0) is 21.0. The minimum atomic E-state index is -4.55. The van der Waals surface area contributed by atoms with E-state index in [1.54, 1.807) is 0 Å². The van der Waals surface area contributed by atoms with E-state index < -0.39 is 28.9 Å². The topological polar surface area (TPSA) is 96.4 Å². The van der Waals surface area contributed by atoms with Gasteiger partial charge in [0.1, 0.15) is 0 Å². The van der Waals surface area contributed by atoms with Crippen LogP contribution in [0.2, 0.25) is 0 Å². The highest BCUT2D eigenvalue weighted by molar-refractivity contribution is 5.94. The van der Waals surface area contributed by atoms with Gasteiger partial charge in [-0.2, -0.15) is 13.2 Å².